The van der Waals surface area contributed by atoms with Gasteiger partial charge in [0.25, 0.3) is 0 Å². The molecule has 21 heavy (non-hydrogen) atoms. The minimum Gasteiger partial charge on any atom is -0.495 e. The number of rotatable bonds is 3. The van der Waals surface area contributed by atoms with E-state index < -0.39 is 0 Å². The lowest BCUT2D eigenvalue weighted by atomic mass is 10.2. The average Bonchev–Trinajstić information content (AvgIpc) is 2.56. The van der Waals surface area contributed by atoms with Crippen LogP contribution in [0.3, 0.4) is 0 Å². The van der Waals surface area contributed by atoms with Crippen molar-refractivity contribution in [3.05, 3.63) is 48.4 Å². The number of piperazine rings is 1. The van der Waals surface area contributed by atoms with Crippen molar-refractivity contribution in [3.63, 3.8) is 0 Å². The van der Waals surface area contributed by atoms with Gasteiger partial charge in [-0.05, 0) is 24.3 Å². The third-order valence-corrected chi connectivity index (χ3v) is 3.73. The Morgan fingerprint density at radius 3 is 2.48 bits per heavy atom. The summed E-state index contributed by atoms with van der Waals surface area (Å²) in [4.78, 5) is 8.76. The summed E-state index contributed by atoms with van der Waals surface area (Å²) >= 11 is 0. The molecule has 0 unspecified atom stereocenters. The van der Waals surface area contributed by atoms with Gasteiger partial charge in [0.15, 0.2) is 0 Å². The average molecular weight is 287 g/mol. The van der Waals surface area contributed by atoms with Gasteiger partial charge in [-0.15, -0.1) is 0 Å². The lowest BCUT2D eigenvalue weighted by Crippen LogP contribution is -2.47. The number of benzene rings is 1. The predicted octanol–water partition coefficient (Wildman–Crippen LogP) is 2.56. The van der Waals surface area contributed by atoms with Crippen molar-refractivity contribution in [1.29, 1.82) is 0 Å². The Labute approximate surface area is 123 Å². The highest BCUT2D eigenvalue weighted by Gasteiger charge is 2.20. The highest BCUT2D eigenvalue weighted by molar-refractivity contribution is 5.59. The Kier molecular flexibility index (Phi) is 3.90. The third-order valence-electron chi connectivity index (χ3n) is 3.73. The first kappa shape index (κ1) is 13.7. The molecule has 0 saturated carbocycles. The molecule has 1 saturated heterocycles. The van der Waals surface area contributed by atoms with Crippen molar-refractivity contribution >= 4 is 11.5 Å². The number of methoxy groups -OCH3 is 1. The van der Waals surface area contributed by atoms with E-state index in [9.17, 15) is 4.39 Å². The number of aromatic nitrogens is 1. The highest BCUT2D eigenvalue weighted by Crippen LogP contribution is 2.30. The third kappa shape index (κ3) is 2.91. The lowest BCUT2D eigenvalue weighted by molar-refractivity contribution is 0.412. The fraction of sp³-hybridized carbons (Fsp3) is 0.312. The van der Waals surface area contributed by atoms with Gasteiger partial charge in [0, 0.05) is 38.4 Å². The molecule has 5 heteroatoms. The molecule has 0 spiro atoms. The number of halogens is 1. The molecule has 1 aliphatic heterocycles. The van der Waals surface area contributed by atoms with Crippen LogP contribution in [0, 0.1) is 5.82 Å². The van der Waals surface area contributed by atoms with E-state index in [1.54, 1.807) is 19.4 Å². The second kappa shape index (κ2) is 5.99. The molecular weight excluding hydrogens is 269 g/mol. The number of ether oxygens (including phenoxy) is 1. The van der Waals surface area contributed by atoms with Crippen LogP contribution in [0.4, 0.5) is 15.9 Å². The fourth-order valence-corrected chi connectivity index (χ4v) is 2.63. The van der Waals surface area contributed by atoms with Crippen LogP contribution in [0.25, 0.3) is 0 Å². The first-order chi connectivity index (χ1) is 10.3. The maximum absolute atomic E-state index is 13.5. The highest BCUT2D eigenvalue weighted by atomic mass is 19.1. The van der Waals surface area contributed by atoms with Gasteiger partial charge in [-0.25, -0.2) is 9.37 Å². The quantitative estimate of drug-likeness (QED) is 0.867. The molecule has 1 aromatic carbocycles. The molecule has 0 bridgehead atoms. The molecule has 4 nitrogen and oxygen atoms in total. The van der Waals surface area contributed by atoms with E-state index in [-0.39, 0.29) is 5.82 Å². The topological polar surface area (TPSA) is 28.6 Å². The second-order valence-corrected chi connectivity index (χ2v) is 4.98. The zero-order valence-electron chi connectivity index (χ0n) is 12.0. The van der Waals surface area contributed by atoms with Gasteiger partial charge in [0.05, 0.1) is 12.8 Å². The van der Waals surface area contributed by atoms with Crippen LogP contribution in [0.1, 0.15) is 0 Å². The van der Waals surface area contributed by atoms with E-state index in [2.05, 4.69) is 14.8 Å². The van der Waals surface area contributed by atoms with E-state index in [0.717, 1.165) is 37.7 Å². The van der Waals surface area contributed by atoms with Crippen molar-refractivity contribution in [3.8, 4) is 5.75 Å². The van der Waals surface area contributed by atoms with E-state index in [0.29, 0.717) is 5.75 Å². The predicted molar refractivity (Wildman–Crippen MR) is 81.6 cm³/mol. The Hall–Kier alpha value is -2.30. The van der Waals surface area contributed by atoms with Crippen molar-refractivity contribution in [1.82, 2.24) is 4.98 Å². The molecule has 0 atom stereocenters. The zero-order chi connectivity index (χ0) is 14.7. The normalized spacial score (nSPS) is 15.1. The Morgan fingerprint density at radius 2 is 1.81 bits per heavy atom. The van der Waals surface area contributed by atoms with E-state index >= 15 is 0 Å². The van der Waals surface area contributed by atoms with Crippen molar-refractivity contribution in [2.75, 3.05) is 43.1 Å². The monoisotopic (exact) mass is 287 g/mol. The first-order valence-electron chi connectivity index (χ1n) is 7.02. The van der Waals surface area contributed by atoms with Crippen LogP contribution >= 0.6 is 0 Å². The van der Waals surface area contributed by atoms with Crippen LogP contribution in [-0.2, 0) is 0 Å². The number of hydrogen-bond donors (Lipinski definition) is 0. The van der Waals surface area contributed by atoms with Crippen molar-refractivity contribution in [2.45, 2.75) is 0 Å². The van der Waals surface area contributed by atoms with Gasteiger partial charge in [-0.3, -0.25) is 0 Å². The zero-order valence-corrected chi connectivity index (χ0v) is 12.0. The van der Waals surface area contributed by atoms with E-state index in [1.165, 1.54) is 12.1 Å². The Morgan fingerprint density at radius 1 is 1.05 bits per heavy atom. The Bertz CT molecular complexity index is 598. The first-order valence-corrected chi connectivity index (χ1v) is 7.02. The molecule has 1 aliphatic rings. The molecule has 3 rings (SSSR count). The molecular formula is C16H18FN3O. The molecule has 0 aliphatic carbocycles. The fourth-order valence-electron chi connectivity index (χ4n) is 2.63. The second-order valence-electron chi connectivity index (χ2n) is 4.98. The number of anilines is 2. The van der Waals surface area contributed by atoms with Gasteiger partial charge in [0.1, 0.15) is 17.4 Å². The van der Waals surface area contributed by atoms with E-state index in [1.807, 2.05) is 18.2 Å². The summed E-state index contributed by atoms with van der Waals surface area (Å²) in [5.41, 5.74) is 0.818. The number of nitrogens with zero attached hydrogens (tertiary/aromatic N) is 3. The number of pyridine rings is 1. The van der Waals surface area contributed by atoms with Crippen LogP contribution < -0.4 is 14.5 Å². The largest absolute Gasteiger partial charge is 0.495 e. The molecule has 0 N–H and O–H groups in total. The van der Waals surface area contributed by atoms with Gasteiger partial charge < -0.3 is 14.5 Å². The maximum atomic E-state index is 13.5. The van der Waals surface area contributed by atoms with Crippen molar-refractivity contribution < 1.29 is 9.13 Å². The summed E-state index contributed by atoms with van der Waals surface area (Å²) in [5.74, 6) is 1.46. The number of hydrogen-bond acceptors (Lipinski definition) is 4. The van der Waals surface area contributed by atoms with Gasteiger partial charge in [-0.2, -0.15) is 0 Å². The Balaban J connectivity index is 1.73. The minimum absolute atomic E-state index is 0.238. The van der Waals surface area contributed by atoms with Crippen LogP contribution in [0.5, 0.6) is 5.75 Å². The summed E-state index contributed by atoms with van der Waals surface area (Å²) in [6.45, 7) is 3.35. The van der Waals surface area contributed by atoms with Crippen LogP contribution in [-0.4, -0.2) is 38.3 Å². The minimum atomic E-state index is -0.238. The smallest absolute Gasteiger partial charge is 0.142 e. The lowest BCUT2D eigenvalue weighted by Gasteiger charge is -2.37. The van der Waals surface area contributed by atoms with Gasteiger partial charge >= 0.3 is 0 Å². The maximum Gasteiger partial charge on any atom is 0.142 e. The van der Waals surface area contributed by atoms with Gasteiger partial charge in [0.2, 0.25) is 0 Å². The summed E-state index contributed by atoms with van der Waals surface area (Å²) in [6, 6.07) is 10.6. The summed E-state index contributed by atoms with van der Waals surface area (Å²) in [5, 5.41) is 0. The molecule has 1 fully saturated rings. The standard InChI is InChI=1S/C16H18FN3O/c1-21-15-6-5-13(17)12-14(15)19-8-10-20(11-9-19)16-4-2-3-7-18-16/h2-7,12H,8-11H2,1H3. The van der Waals surface area contributed by atoms with Crippen molar-refractivity contribution in [2.24, 2.45) is 0 Å². The molecule has 110 valence electrons. The van der Waals surface area contributed by atoms with Crippen LogP contribution in [0.2, 0.25) is 0 Å². The SMILES string of the molecule is COc1ccc(F)cc1N1CCN(c2ccccn2)CC1. The molecule has 0 radical (unpaired) electrons. The molecule has 2 aromatic rings. The summed E-state index contributed by atoms with van der Waals surface area (Å²) in [6.07, 6.45) is 1.80. The van der Waals surface area contributed by atoms with Gasteiger partial charge in [-0.1, -0.05) is 6.07 Å². The van der Waals surface area contributed by atoms with E-state index in [4.69, 9.17) is 4.74 Å². The summed E-state index contributed by atoms with van der Waals surface area (Å²) < 4.78 is 18.8. The molecule has 0 amide bonds. The molecule has 2 heterocycles. The van der Waals surface area contributed by atoms with Crippen LogP contribution in [0.15, 0.2) is 42.6 Å². The molecule has 1 aromatic heterocycles. The summed E-state index contributed by atoms with van der Waals surface area (Å²) in [7, 11) is 1.61.